The van der Waals surface area contributed by atoms with Crippen molar-refractivity contribution in [2.75, 3.05) is 43.9 Å². The highest BCUT2D eigenvalue weighted by Gasteiger charge is 2.31. The van der Waals surface area contributed by atoms with Gasteiger partial charge in [-0.1, -0.05) is 31.7 Å². The number of nitrogens with zero attached hydrogens (tertiary/aromatic N) is 3. The number of benzene rings is 2. The van der Waals surface area contributed by atoms with Gasteiger partial charge in [-0.2, -0.15) is 0 Å². The SMILES string of the molecule is CSc1ccc2c(c1)N(CCCN1CCCCC1)CCn1c-2c(C2CCCCC2)c2ccc(C(=O)O)cc21. The fourth-order valence-electron chi connectivity index (χ4n) is 7.18. The Labute approximate surface area is 231 Å². The largest absolute Gasteiger partial charge is 0.478 e. The van der Waals surface area contributed by atoms with Crippen LogP contribution in [0.2, 0.25) is 0 Å². The molecule has 1 aromatic heterocycles. The second-order valence-electron chi connectivity index (χ2n) is 11.4. The van der Waals surface area contributed by atoms with E-state index in [1.165, 1.54) is 110 Å². The fraction of sp³-hybridized carbons (Fsp3) is 0.531. The lowest BCUT2D eigenvalue weighted by atomic mass is 9.81. The Balaban J connectivity index is 1.44. The second kappa shape index (κ2) is 11.4. The molecule has 0 radical (unpaired) electrons. The van der Waals surface area contributed by atoms with Crippen LogP contribution >= 0.6 is 11.8 Å². The highest BCUT2D eigenvalue weighted by atomic mass is 32.2. The molecule has 1 N–H and O–H groups in total. The van der Waals surface area contributed by atoms with Crippen molar-refractivity contribution in [2.24, 2.45) is 0 Å². The van der Waals surface area contributed by atoms with Crippen molar-refractivity contribution in [2.45, 2.75) is 75.1 Å². The molecule has 6 heteroatoms. The molecule has 6 rings (SSSR count). The maximum atomic E-state index is 11.9. The van der Waals surface area contributed by atoms with Gasteiger partial charge in [0.25, 0.3) is 0 Å². The third kappa shape index (κ3) is 4.98. The lowest BCUT2D eigenvalue weighted by Crippen LogP contribution is -2.34. The molecule has 0 spiro atoms. The van der Waals surface area contributed by atoms with Crippen LogP contribution in [0.25, 0.3) is 22.2 Å². The molecule has 0 amide bonds. The van der Waals surface area contributed by atoms with Crippen molar-refractivity contribution in [3.8, 4) is 11.3 Å². The molecule has 1 aliphatic carbocycles. The van der Waals surface area contributed by atoms with Crippen LogP contribution in [0.1, 0.15) is 79.6 Å². The molecule has 0 unspecified atom stereocenters. The molecule has 38 heavy (non-hydrogen) atoms. The van der Waals surface area contributed by atoms with Gasteiger partial charge in [-0.05, 0) is 99.8 Å². The molecule has 2 fully saturated rings. The fourth-order valence-corrected chi connectivity index (χ4v) is 7.61. The Morgan fingerprint density at radius 3 is 2.47 bits per heavy atom. The van der Waals surface area contributed by atoms with E-state index in [9.17, 15) is 9.90 Å². The van der Waals surface area contributed by atoms with Gasteiger partial charge in [-0.25, -0.2) is 4.79 Å². The summed E-state index contributed by atoms with van der Waals surface area (Å²) >= 11 is 1.81. The van der Waals surface area contributed by atoms with Gasteiger partial charge in [0.05, 0.1) is 11.3 Å². The predicted octanol–water partition coefficient (Wildman–Crippen LogP) is 7.47. The van der Waals surface area contributed by atoms with Crippen LogP contribution in [0.3, 0.4) is 0 Å². The smallest absolute Gasteiger partial charge is 0.335 e. The summed E-state index contributed by atoms with van der Waals surface area (Å²) in [5.41, 5.74) is 6.96. The van der Waals surface area contributed by atoms with E-state index >= 15 is 0 Å². The first-order chi connectivity index (χ1) is 18.6. The standard InChI is InChI=1S/C32H41N3O2S/c1-38-25-12-14-27-28(22-25)34(18-8-17-33-15-6-3-7-16-33)19-20-35-29-21-24(32(36)37)11-13-26(29)30(31(27)35)23-9-4-2-5-10-23/h11-14,21-23H,2-10,15-20H2,1H3,(H,36,37). The summed E-state index contributed by atoms with van der Waals surface area (Å²) in [7, 11) is 0. The number of hydrogen-bond donors (Lipinski definition) is 1. The van der Waals surface area contributed by atoms with Gasteiger partial charge >= 0.3 is 5.97 Å². The number of piperidine rings is 1. The molecule has 1 saturated carbocycles. The molecule has 3 heterocycles. The highest BCUT2D eigenvalue weighted by molar-refractivity contribution is 7.98. The Kier molecular flexibility index (Phi) is 7.71. The number of thioether (sulfide) groups is 1. The van der Waals surface area contributed by atoms with Gasteiger partial charge < -0.3 is 19.5 Å². The maximum Gasteiger partial charge on any atom is 0.335 e. The summed E-state index contributed by atoms with van der Waals surface area (Å²) < 4.78 is 2.47. The first-order valence-corrected chi connectivity index (χ1v) is 15.9. The molecule has 0 bridgehead atoms. The number of aromatic nitrogens is 1. The maximum absolute atomic E-state index is 11.9. The summed E-state index contributed by atoms with van der Waals surface area (Å²) in [4.78, 5) is 18.5. The monoisotopic (exact) mass is 531 g/mol. The van der Waals surface area contributed by atoms with E-state index in [2.05, 4.69) is 44.9 Å². The third-order valence-corrected chi connectivity index (χ3v) is 9.83. The zero-order valence-corrected chi connectivity index (χ0v) is 23.6. The number of aromatic carboxylic acids is 1. The van der Waals surface area contributed by atoms with Crippen molar-refractivity contribution in [3.63, 3.8) is 0 Å². The Hall–Kier alpha value is -2.44. The molecule has 3 aromatic rings. The van der Waals surface area contributed by atoms with Crippen LogP contribution in [0.15, 0.2) is 41.3 Å². The van der Waals surface area contributed by atoms with Gasteiger partial charge in [0.15, 0.2) is 0 Å². The van der Waals surface area contributed by atoms with Crippen molar-refractivity contribution < 1.29 is 9.90 Å². The van der Waals surface area contributed by atoms with E-state index in [1.807, 2.05) is 23.9 Å². The Morgan fingerprint density at radius 1 is 0.921 bits per heavy atom. The molecular formula is C32H41N3O2S. The quantitative estimate of drug-likeness (QED) is 0.321. The molecule has 1 saturated heterocycles. The minimum atomic E-state index is -0.848. The van der Waals surface area contributed by atoms with Crippen LogP contribution in [0.4, 0.5) is 5.69 Å². The predicted molar refractivity (Wildman–Crippen MR) is 159 cm³/mol. The number of anilines is 1. The van der Waals surface area contributed by atoms with E-state index in [0.717, 1.165) is 25.2 Å². The van der Waals surface area contributed by atoms with E-state index in [-0.39, 0.29) is 0 Å². The van der Waals surface area contributed by atoms with Crippen LogP contribution in [0.5, 0.6) is 0 Å². The molecule has 3 aliphatic rings. The van der Waals surface area contributed by atoms with E-state index in [1.54, 1.807) is 0 Å². The van der Waals surface area contributed by atoms with Crippen molar-refractivity contribution in [3.05, 3.63) is 47.5 Å². The number of rotatable bonds is 7. The van der Waals surface area contributed by atoms with E-state index < -0.39 is 5.97 Å². The minimum absolute atomic E-state index is 0.383. The van der Waals surface area contributed by atoms with Crippen LogP contribution < -0.4 is 4.90 Å². The molecule has 2 aromatic carbocycles. The second-order valence-corrected chi connectivity index (χ2v) is 12.3. The van der Waals surface area contributed by atoms with Gasteiger partial charge in [-0.3, -0.25) is 0 Å². The molecule has 5 nitrogen and oxygen atoms in total. The summed E-state index contributed by atoms with van der Waals surface area (Å²) in [6.45, 7) is 6.57. The molecule has 0 atom stereocenters. The van der Waals surface area contributed by atoms with Crippen molar-refractivity contribution in [1.29, 1.82) is 0 Å². The van der Waals surface area contributed by atoms with Crippen LogP contribution in [-0.4, -0.2) is 59.5 Å². The van der Waals surface area contributed by atoms with Crippen LogP contribution in [0, 0.1) is 0 Å². The number of carboxylic acids is 1. The van der Waals surface area contributed by atoms with Gasteiger partial charge in [0.1, 0.15) is 0 Å². The number of fused-ring (bicyclic) bond motifs is 5. The lowest BCUT2D eigenvalue weighted by Gasteiger charge is -2.29. The molecule has 202 valence electrons. The van der Waals surface area contributed by atoms with Gasteiger partial charge in [0.2, 0.25) is 0 Å². The number of likely N-dealkylation sites (tertiary alicyclic amines) is 1. The summed E-state index contributed by atoms with van der Waals surface area (Å²) in [5, 5.41) is 11.1. The number of carboxylic acid groups (broad SMARTS) is 1. The summed E-state index contributed by atoms with van der Waals surface area (Å²) in [6, 6.07) is 12.9. The average Bonchev–Trinajstić information content (AvgIpc) is 3.19. The number of hydrogen-bond acceptors (Lipinski definition) is 4. The van der Waals surface area contributed by atoms with Crippen LogP contribution in [-0.2, 0) is 6.54 Å². The Bertz CT molecular complexity index is 1300. The molecular weight excluding hydrogens is 490 g/mol. The van der Waals surface area contributed by atoms with Crippen molar-refractivity contribution >= 4 is 34.3 Å². The topological polar surface area (TPSA) is 48.7 Å². The molecule has 2 aliphatic heterocycles. The van der Waals surface area contributed by atoms with E-state index in [4.69, 9.17) is 0 Å². The average molecular weight is 532 g/mol. The summed E-state index contributed by atoms with van der Waals surface area (Å²) in [6.07, 6.45) is 13.8. The minimum Gasteiger partial charge on any atom is -0.478 e. The van der Waals surface area contributed by atoms with E-state index in [0.29, 0.717) is 11.5 Å². The number of carbonyl (C=O) groups is 1. The van der Waals surface area contributed by atoms with Crippen molar-refractivity contribution in [1.82, 2.24) is 9.47 Å². The zero-order chi connectivity index (χ0) is 26.1. The lowest BCUT2D eigenvalue weighted by molar-refractivity contribution is 0.0697. The third-order valence-electron chi connectivity index (χ3n) is 9.11. The van der Waals surface area contributed by atoms with Gasteiger partial charge in [0, 0.05) is 46.7 Å². The normalized spacial score (nSPS) is 18.8. The zero-order valence-electron chi connectivity index (χ0n) is 22.8. The summed E-state index contributed by atoms with van der Waals surface area (Å²) in [5.74, 6) is -0.309. The highest BCUT2D eigenvalue weighted by Crippen LogP contribution is 2.48. The van der Waals surface area contributed by atoms with Gasteiger partial charge in [-0.15, -0.1) is 11.8 Å². The Morgan fingerprint density at radius 2 is 1.71 bits per heavy atom. The first-order valence-electron chi connectivity index (χ1n) is 14.7. The first kappa shape index (κ1) is 25.8.